The molecule has 0 heterocycles. The number of carbonyl (C=O) groups is 3. The van der Waals surface area contributed by atoms with Gasteiger partial charge in [0.25, 0.3) is 11.8 Å². The Morgan fingerprint density at radius 3 is 2.52 bits per heavy atom. The Kier molecular flexibility index (Phi) is 7.74. The zero-order valence-electron chi connectivity index (χ0n) is 16.1. The summed E-state index contributed by atoms with van der Waals surface area (Å²) in [6.45, 7) is 3.30. The largest absolute Gasteiger partial charge is 0.479 e. The normalized spacial score (nSPS) is 10.9. The monoisotopic (exact) mass is 395 g/mol. The number of nitriles is 1. The average Bonchev–Trinajstić information content (AvgIpc) is 2.73. The summed E-state index contributed by atoms with van der Waals surface area (Å²) in [5.74, 6) is -1.10. The average molecular weight is 395 g/mol. The Labute approximate surface area is 168 Å². The van der Waals surface area contributed by atoms with Crippen molar-refractivity contribution in [2.75, 3.05) is 18.5 Å². The minimum atomic E-state index is -0.934. The maximum atomic E-state index is 12.0. The van der Waals surface area contributed by atoms with Crippen molar-refractivity contribution >= 4 is 23.5 Å². The van der Waals surface area contributed by atoms with E-state index in [-0.39, 0.29) is 5.91 Å². The molecule has 0 aliphatic heterocycles. The molecule has 0 bridgehead atoms. The van der Waals surface area contributed by atoms with Gasteiger partial charge in [-0.1, -0.05) is 6.07 Å². The minimum absolute atomic E-state index is 0.246. The molecule has 0 saturated carbocycles. The van der Waals surface area contributed by atoms with Crippen LogP contribution in [0.1, 0.15) is 29.8 Å². The number of hydrogen-bond acceptors (Lipinski definition) is 6. The molecule has 2 amide bonds. The van der Waals surface area contributed by atoms with Crippen LogP contribution in [0.2, 0.25) is 0 Å². The lowest BCUT2D eigenvalue weighted by Gasteiger charge is -2.14. The van der Waals surface area contributed by atoms with Crippen LogP contribution in [-0.4, -0.2) is 37.0 Å². The predicted octanol–water partition coefficient (Wildman–Crippen LogP) is 2.26. The predicted molar refractivity (Wildman–Crippen MR) is 105 cm³/mol. The third-order valence-electron chi connectivity index (χ3n) is 3.72. The number of esters is 1. The highest BCUT2D eigenvalue weighted by Gasteiger charge is 2.18. The first kappa shape index (κ1) is 21.4. The van der Waals surface area contributed by atoms with Crippen LogP contribution in [0.4, 0.5) is 5.69 Å². The van der Waals surface area contributed by atoms with Gasteiger partial charge in [0.1, 0.15) is 5.75 Å². The van der Waals surface area contributed by atoms with Crippen molar-refractivity contribution in [1.82, 2.24) is 5.32 Å². The Bertz CT molecular complexity index is 919. The van der Waals surface area contributed by atoms with Crippen molar-refractivity contribution in [3.63, 3.8) is 0 Å². The lowest BCUT2D eigenvalue weighted by atomic mass is 10.2. The third kappa shape index (κ3) is 6.66. The van der Waals surface area contributed by atoms with Crippen LogP contribution in [0, 0.1) is 11.3 Å². The third-order valence-corrected chi connectivity index (χ3v) is 3.72. The van der Waals surface area contributed by atoms with Gasteiger partial charge >= 0.3 is 5.97 Å². The van der Waals surface area contributed by atoms with E-state index in [0.717, 1.165) is 0 Å². The number of nitrogens with zero attached hydrogens (tertiary/aromatic N) is 1. The van der Waals surface area contributed by atoms with E-state index >= 15 is 0 Å². The van der Waals surface area contributed by atoms with Crippen molar-refractivity contribution in [2.24, 2.45) is 0 Å². The smallest absolute Gasteiger partial charge is 0.347 e. The van der Waals surface area contributed by atoms with Crippen molar-refractivity contribution in [1.29, 1.82) is 5.26 Å². The van der Waals surface area contributed by atoms with Gasteiger partial charge in [-0.05, 0) is 56.3 Å². The maximum absolute atomic E-state index is 12.0. The molecular weight excluding hydrogens is 374 g/mol. The molecule has 0 spiro atoms. The quantitative estimate of drug-likeness (QED) is 0.662. The molecule has 0 fully saturated rings. The topological polar surface area (TPSA) is 118 Å². The van der Waals surface area contributed by atoms with Crippen LogP contribution in [0.5, 0.6) is 5.75 Å². The van der Waals surface area contributed by atoms with E-state index in [2.05, 4.69) is 10.6 Å². The van der Waals surface area contributed by atoms with Gasteiger partial charge in [-0.25, -0.2) is 4.79 Å². The van der Waals surface area contributed by atoms with Crippen LogP contribution in [-0.2, 0) is 14.3 Å². The summed E-state index contributed by atoms with van der Waals surface area (Å²) >= 11 is 0. The summed E-state index contributed by atoms with van der Waals surface area (Å²) in [4.78, 5) is 35.9. The molecule has 150 valence electrons. The molecule has 2 rings (SSSR count). The van der Waals surface area contributed by atoms with Gasteiger partial charge < -0.3 is 20.1 Å². The molecule has 0 unspecified atom stereocenters. The molecule has 0 aliphatic rings. The number of hydrogen-bond donors (Lipinski definition) is 2. The van der Waals surface area contributed by atoms with Crippen molar-refractivity contribution in [2.45, 2.75) is 20.0 Å². The van der Waals surface area contributed by atoms with E-state index in [0.29, 0.717) is 29.1 Å². The van der Waals surface area contributed by atoms with Crippen molar-refractivity contribution in [3.05, 3.63) is 59.7 Å². The number of nitrogens with one attached hydrogen (secondary N) is 2. The first-order valence-electron chi connectivity index (χ1n) is 8.94. The number of ether oxygens (including phenoxy) is 2. The summed E-state index contributed by atoms with van der Waals surface area (Å²) in [6, 6.07) is 14.7. The molecule has 2 N–H and O–H groups in total. The molecule has 0 radical (unpaired) electrons. The molecule has 2 aromatic carbocycles. The zero-order valence-corrected chi connectivity index (χ0v) is 16.1. The molecule has 0 aromatic heterocycles. The Balaban J connectivity index is 1.83. The molecule has 0 saturated heterocycles. The fourth-order valence-electron chi connectivity index (χ4n) is 2.31. The SMILES string of the molecule is CCNC(=O)c1cccc(NC(=O)COC(=O)[C@@H](C)Oc2ccc(C#N)cc2)c1. The molecule has 0 aliphatic carbocycles. The number of benzene rings is 2. The molecule has 1 atom stereocenters. The van der Waals surface area contributed by atoms with Crippen LogP contribution in [0.15, 0.2) is 48.5 Å². The highest BCUT2D eigenvalue weighted by molar-refractivity contribution is 5.97. The van der Waals surface area contributed by atoms with Crippen LogP contribution < -0.4 is 15.4 Å². The van der Waals surface area contributed by atoms with E-state index in [1.165, 1.54) is 13.0 Å². The highest BCUT2D eigenvalue weighted by Crippen LogP contribution is 2.14. The van der Waals surface area contributed by atoms with Gasteiger partial charge in [0, 0.05) is 17.8 Å². The number of amides is 2. The second kappa shape index (κ2) is 10.5. The lowest BCUT2D eigenvalue weighted by molar-refractivity contribution is -0.153. The standard InChI is InChI=1S/C21H21N3O5/c1-3-23-20(26)16-5-4-6-17(11-16)24-19(25)13-28-21(27)14(2)29-18-9-7-15(12-22)8-10-18/h4-11,14H,3,13H2,1-2H3,(H,23,26)(H,24,25)/t14-/m1/s1. The van der Waals surface area contributed by atoms with E-state index < -0.39 is 24.6 Å². The highest BCUT2D eigenvalue weighted by atomic mass is 16.6. The number of rotatable bonds is 8. The molecule has 8 nitrogen and oxygen atoms in total. The van der Waals surface area contributed by atoms with Gasteiger partial charge in [0.2, 0.25) is 0 Å². The van der Waals surface area contributed by atoms with Crippen LogP contribution in [0.25, 0.3) is 0 Å². The maximum Gasteiger partial charge on any atom is 0.347 e. The Hall–Kier alpha value is -3.86. The van der Waals surface area contributed by atoms with Gasteiger partial charge in [-0.3, -0.25) is 9.59 Å². The van der Waals surface area contributed by atoms with Crippen molar-refractivity contribution < 1.29 is 23.9 Å². The van der Waals surface area contributed by atoms with Crippen LogP contribution >= 0.6 is 0 Å². The first-order valence-corrected chi connectivity index (χ1v) is 8.94. The second-order valence-corrected chi connectivity index (χ2v) is 5.99. The van der Waals surface area contributed by atoms with E-state index in [9.17, 15) is 14.4 Å². The van der Waals surface area contributed by atoms with Crippen molar-refractivity contribution in [3.8, 4) is 11.8 Å². The second-order valence-electron chi connectivity index (χ2n) is 5.99. The number of carbonyl (C=O) groups excluding carboxylic acids is 3. The molecular formula is C21H21N3O5. The van der Waals surface area contributed by atoms with Gasteiger partial charge in [-0.15, -0.1) is 0 Å². The lowest BCUT2D eigenvalue weighted by Crippen LogP contribution is -2.29. The summed E-state index contributed by atoms with van der Waals surface area (Å²) in [5.41, 5.74) is 1.29. The van der Waals surface area contributed by atoms with Gasteiger partial charge in [0.15, 0.2) is 12.7 Å². The minimum Gasteiger partial charge on any atom is -0.479 e. The Morgan fingerprint density at radius 2 is 1.86 bits per heavy atom. The molecule has 8 heteroatoms. The Morgan fingerprint density at radius 1 is 1.14 bits per heavy atom. The fraction of sp³-hybridized carbons (Fsp3) is 0.238. The van der Waals surface area contributed by atoms with E-state index in [1.54, 1.807) is 42.5 Å². The molecule has 2 aromatic rings. The first-order chi connectivity index (χ1) is 13.9. The zero-order chi connectivity index (χ0) is 21.2. The molecule has 29 heavy (non-hydrogen) atoms. The van der Waals surface area contributed by atoms with Gasteiger partial charge in [-0.2, -0.15) is 5.26 Å². The summed E-state index contributed by atoms with van der Waals surface area (Å²) in [5, 5.41) is 14.0. The fourth-order valence-corrected chi connectivity index (χ4v) is 2.31. The van der Waals surface area contributed by atoms with E-state index in [4.69, 9.17) is 14.7 Å². The summed E-state index contributed by atoms with van der Waals surface area (Å²) in [7, 11) is 0. The summed E-state index contributed by atoms with van der Waals surface area (Å²) in [6.07, 6.45) is -0.934. The summed E-state index contributed by atoms with van der Waals surface area (Å²) < 4.78 is 10.4. The number of anilines is 1. The van der Waals surface area contributed by atoms with Crippen LogP contribution in [0.3, 0.4) is 0 Å². The van der Waals surface area contributed by atoms with E-state index in [1.807, 2.05) is 13.0 Å². The van der Waals surface area contributed by atoms with Gasteiger partial charge in [0.05, 0.1) is 11.6 Å².